The van der Waals surface area contributed by atoms with E-state index in [1.165, 1.54) is 0 Å². The summed E-state index contributed by atoms with van der Waals surface area (Å²) in [5.41, 5.74) is 4.77. The minimum absolute atomic E-state index is 0.252. The maximum absolute atomic E-state index is 12.7. The topological polar surface area (TPSA) is 95.6 Å². The number of hydrogen-bond acceptors (Lipinski definition) is 5. The molecule has 152 valence electrons. The fourth-order valence-electron chi connectivity index (χ4n) is 3.09. The number of aromatic nitrogens is 1. The van der Waals surface area contributed by atoms with Gasteiger partial charge >= 0.3 is 5.97 Å². The summed E-state index contributed by atoms with van der Waals surface area (Å²) >= 11 is 9.49. The number of hydrogen-bond donors (Lipinski definition) is 2. The Labute approximate surface area is 180 Å². The number of ether oxygens (including phenoxy) is 2. The number of hydrazine groups is 1. The number of carbonyl (C=O) groups excluding carboxylic acids is 2. The third-order valence-corrected chi connectivity index (χ3v) is 5.21. The third-order valence-electron chi connectivity index (χ3n) is 4.34. The number of nitrogens with zero attached hydrogens (tertiary/aromatic N) is 1. The first-order valence-corrected chi connectivity index (χ1v) is 9.94. The molecule has 0 saturated carbocycles. The van der Waals surface area contributed by atoms with Crippen LogP contribution in [0.25, 0.3) is 16.6 Å². The molecule has 9 heteroatoms. The van der Waals surface area contributed by atoms with Gasteiger partial charge in [-0.2, -0.15) is 0 Å². The van der Waals surface area contributed by atoms with Gasteiger partial charge in [0.2, 0.25) is 0 Å². The fourth-order valence-corrected chi connectivity index (χ4v) is 3.67. The van der Waals surface area contributed by atoms with E-state index in [0.717, 1.165) is 11.2 Å². The molecule has 0 aliphatic heterocycles. The van der Waals surface area contributed by atoms with Crippen LogP contribution in [0.2, 0.25) is 5.02 Å². The van der Waals surface area contributed by atoms with E-state index in [-0.39, 0.29) is 13.2 Å². The lowest BCUT2D eigenvalue weighted by atomic mass is 10.1. The second-order valence-electron chi connectivity index (χ2n) is 6.15. The van der Waals surface area contributed by atoms with Crippen LogP contribution >= 0.6 is 27.5 Å². The second-order valence-corrected chi connectivity index (χ2v) is 7.44. The highest BCUT2D eigenvalue weighted by Gasteiger charge is 2.23. The van der Waals surface area contributed by atoms with Crippen molar-refractivity contribution in [3.63, 3.8) is 0 Å². The summed E-state index contributed by atoms with van der Waals surface area (Å²) in [7, 11) is 0. The molecule has 0 aliphatic rings. The first-order chi connectivity index (χ1) is 13.9. The van der Waals surface area contributed by atoms with E-state index in [9.17, 15) is 9.59 Å². The predicted octanol–water partition coefficient (Wildman–Crippen LogP) is 3.90. The monoisotopic (exact) mass is 479 g/mol. The van der Waals surface area contributed by atoms with Gasteiger partial charge in [-0.05, 0) is 66.2 Å². The van der Waals surface area contributed by atoms with Gasteiger partial charge in [0.25, 0.3) is 5.91 Å². The molecule has 29 heavy (non-hydrogen) atoms. The lowest BCUT2D eigenvalue weighted by Crippen LogP contribution is -2.34. The molecule has 0 radical (unpaired) electrons. The average molecular weight is 481 g/mol. The van der Waals surface area contributed by atoms with E-state index in [1.807, 2.05) is 35.1 Å². The highest BCUT2D eigenvalue weighted by atomic mass is 79.9. The van der Waals surface area contributed by atoms with Crippen molar-refractivity contribution in [2.45, 2.75) is 13.8 Å². The standard InChI is InChI=1S/C20H19BrClN3O4/c1-3-28-20(27)19-11(2)25(13-6-4-12(22)5-7-13)16-9-15(21)17(8-14(16)19)29-10-18(26)24-23/h4-9H,3,10,23H2,1-2H3,(H,24,26). The number of nitrogens with one attached hydrogen (secondary N) is 1. The Hall–Kier alpha value is -2.55. The molecule has 3 rings (SSSR count). The van der Waals surface area contributed by atoms with Crippen molar-refractivity contribution in [1.82, 2.24) is 9.99 Å². The van der Waals surface area contributed by atoms with Crippen molar-refractivity contribution < 1.29 is 19.1 Å². The van der Waals surface area contributed by atoms with Crippen LogP contribution in [-0.4, -0.2) is 29.7 Å². The Morgan fingerprint density at radius 3 is 2.55 bits per heavy atom. The molecule has 3 N–H and O–H groups in total. The van der Waals surface area contributed by atoms with Gasteiger partial charge in [-0.3, -0.25) is 10.2 Å². The number of rotatable bonds is 6. The second kappa shape index (κ2) is 8.86. The molecule has 1 heterocycles. The molecule has 2 aromatic carbocycles. The Morgan fingerprint density at radius 1 is 1.24 bits per heavy atom. The molecule has 0 bridgehead atoms. The van der Waals surface area contributed by atoms with Crippen LogP contribution in [0.15, 0.2) is 40.9 Å². The fraction of sp³-hybridized carbons (Fsp3) is 0.200. The van der Waals surface area contributed by atoms with Crippen molar-refractivity contribution in [2.75, 3.05) is 13.2 Å². The predicted molar refractivity (Wildman–Crippen MR) is 115 cm³/mol. The van der Waals surface area contributed by atoms with Gasteiger partial charge in [0.1, 0.15) is 5.75 Å². The largest absolute Gasteiger partial charge is 0.483 e. The summed E-state index contributed by atoms with van der Waals surface area (Å²) in [4.78, 5) is 24.1. The molecular formula is C20H19BrClN3O4. The zero-order valence-corrected chi connectivity index (χ0v) is 18.1. The Balaban J connectivity index is 2.22. The first-order valence-electron chi connectivity index (χ1n) is 8.77. The highest BCUT2D eigenvalue weighted by molar-refractivity contribution is 9.10. The summed E-state index contributed by atoms with van der Waals surface area (Å²) in [6.07, 6.45) is 0. The molecule has 0 unspecified atom stereocenters. The van der Waals surface area contributed by atoms with E-state index in [0.29, 0.717) is 31.9 Å². The lowest BCUT2D eigenvalue weighted by molar-refractivity contribution is -0.123. The van der Waals surface area contributed by atoms with Crippen molar-refractivity contribution in [2.24, 2.45) is 5.84 Å². The molecule has 0 atom stereocenters. The Bertz CT molecular complexity index is 1080. The van der Waals surface area contributed by atoms with Crippen LogP contribution in [0.4, 0.5) is 0 Å². The normalized spacial score (nSPS) is 10.8. The smallest absolute Gasteiger partial charge is 0.340 e. The Morgan fingerprint density at radius 2 is 1.93 bits per heavy atom. The maximum Gasteiger partial charge on any atom is 0.340 e. The zero-order valence-electron chi connectivity index (χ0n) is 15.8. The van der Waals surface area contributed by atoms with Gasteiger partial charge in [-0.1, -0.05) is 11.6 Å². The number of benzene rings is 2. The molecule has 0 fully saturated rings. The summed E-state index contributed by atoms with van der Waals surface area (Å²) in [5, 5.41) is 1.26. The molecular weight excluding hydrogens is 462 g/mol. The SMILES string of the molecule is CCOC(=O)c1c(C)n(-c2ccc(Cl)cc2)c2cc(Br)c(OCC(=O)NN)cc12. The van der Waals surface area contributed by atoms with Crippen molar-refractivity contribution >= 4 is 50.3 Å². The van der Waals surface area contributed by atoms with E-state index in [4.69, 9.17) is 26.9 Å². The summed E-state index contributed by atoms with van der Waals surface area (Å²) in [6.45, 7) is 3.59. The molecule has 1 amide bonds. The van der Waals surface area contributed by atoms with Gasteiger partial charge in [-0.15, -0.1) is 0 Å². The first kappa shape index (κ1) is 21.2. The minimum atomic E-state index is -0.475. The molecule has 1 aromatic heterocycles. The van der Waals surface area contributed by atoms with Crippen LogP contribution in [0.5, 0.6) is 5.75 Å². The van der Waals surface area contributed by atoms with Crippen LogP contribution in [0.1, 0.15) is 23.0 Å². The van der Waals surface area contributed by atoms with Crippen molar-refractivity contribution in [1.29, 1.82) is 0 Å². The number of halogens is 2. The van der Waals surface area contributed by atoms with Crippen molar-refractivity contribution in [3.05, 3.63) is 57.2 Å². The molecule has 0 aliphatic carbocycles. The molecule has 3 aromatic rings. The average Bonchev–Trinajstić information content (AvgIpc) is 2.97. The van der Waals surface area contributed by atoms with E-state index < -0.39 is 11.9 Å². The van der Waals surface area contributed by atoms with Gasteiger partial charge < -0.3 is 14.0 Å². The van der Waals surface area contributed by atoms with Gasteiger partial charge in [0.15, 0.2) is 6.61 Å². The number of amides is 1. The highest BCUT2D eigenvalue weighted by Crippen LogP contribution is 2.37. The van der Waals surface area contributed by atoms with Crippen LogP contribution in [0, 0.1) is 6.92 Å². The van der Waals surface area contributed by atoms with E-state index in [2.05, 4.69) is 15.9 Å². The number of fused-ring (bicyclic) bond motifs is 1. The summed E-state index contributed by atoms with van der Waals surface area (Å²) < 4.78 is 13.4. The van der Waals surface area contributed by atoms with Gasteiger partial charge in [-0.25, -0.2) is 10.6 Å². The summed E-state index contributed by atoms with van der Waals surface area (Å²) in [6, 6.07) is 10.8. The third kappa shape index (κ3) is 4.24. The number of carbonyl (C=O) groups is 2. The molecule has 0 spiro atoms. The van der Waals surface area contributed by atoms with Crippen LogP contribution in [0.3, 0.4) is 0 Å². The Kier molecular flexibility index (Phi) is 6.46. The van der Waals surface area contributed by atoms with Crippen LogP contribution < -0.4 is 16.0 Å². The number of nitrogens with two attached hydrogens (primary N) is 1. The lowest BCUT2D eigenvalue weighted by Gasteiger charge is -2.11. The molecule has 7 nitrogen and oxygen atoms in total. The number of esters is 1. The van der Waals surface area contributed by atoms with E-state index in [1.54, 1.807) is 25.1 Å². The summed E-state index contributed by atoms with van der Waals surface area (Å²) in [5.74, 6) is 4.59. The van der Waals surface area contributed by atoms with Gasteiger partial charge in [0, 0.05) is 21.8 Å². The zero-order chi connectivity index (χ0) is 21.1. The van der Waals surface area contributed by atoms with Crippen LogP contribution in [-0.2, 0) is 9.53 Å². The quantitative estimate of drug-likeness (QED) is 0.241. The minimum Gasteiger partial charge on any atom is -0.483 e. The molecule has 0 saturated heterocycles. The van der Waals surface area contributed by atoms with E-state index >= 15 is 0 Å². The maximum atomic E-state index is 12.7. The van der Waals surface area contributed by atoms with Gasteiger partial charge in [0.05, 0.1) is 22.2 Å². The van der Waals surface area contributed by atoms with Crippen molar-refractivity contribution in [3.8, 4) is 11.4 Å².